The van der Waals surface area contributed by atoms with Gasteiger partial charge in [-0.05, 0) is 0 Å². The molecule has 0 aromatic carbocycles. The van der Waals surface area contributed by atoms with Gasteiger partial charge in [0.15, 0.2) is 12.4 Å². The number of aromatic amines is 1. The zero-order valence-corrected chi connectivity index (χ0v) is 4.65. The Morgan fingerprint density at radius 3 is 2.00 bits per heavy atom. The molecule has 0 aliphatic heterocycles. The van der Waals surface area contributed by atoms with Crippen LogP contribution in [0.15, 0.2) is 24.8 Å². The number of nitrogens with one attached hydrogen (secondary N) is 1. The average Bonchev–Trinajstić information content (AvgIpc) is 1.93. The summed E-state index contributed by atoms with van der Waals surface area (Å²) in [5.41, 5.74) is 0. The van der Waals surface area contributed by atoms with Gasteiger partial charge in [-0.1, -0.05) is 0 Å². The highest BCUT2D eigenvalue weighted by Gasteiger charge is 1.66. The van der Waals surface area contributed by atoms with E-state index in [0.29, 0.717) is 0 Å². The highest BCUT2D eigenvalue weighted by atomic mass is 16.3. The Balaban J connectivity index is 0.000000187. The van der Waals surface area contributed by atoms with E-state index in [-0.39, 0.29) is 0 Å². The summed E-state index contributed by atoms with van der Waals surface area (Å²) in [4.78, 5) is 14.8. The van der Waals surface area contributed by atoms with Crippen LogP contribution in [0.25, 0.3) is 0 Å². The van der Waals surface area contributed by atoms with E-state index >= 15 is 0 Å². The molecule has 0 saturated heterocycles. The van der Waals surface area contributed by atoms with E-state index in [1.807, 2.05) is 0 Å². The Hall–Kier alpha value is -1.45. The lowest BCUT2D eigenvalue weighted by Crippen LogP contribution is -2.01. The molecule has 0 atom stereocenters. The van der Waals surface area contributed by atoms with Crippen molar-refractivity contribution in [2.45, 2.75) is 0 Å². The van der Waals surface area contributed by atoms with Crippen LogP contribution in [0.4, 0.5) is 0 Å². The quantitative estimate of drug-likeness (QED) is 0.387. The molecule has 0 fully saturated rings. The van der Waals surface area contributed by atoms with Gasteiger partial charge in [0, 0.05) is 6.47 Å². The van der Waals surface area contributed by atoms with Crippen LogP contribution in [0.3, 0.4) is 0 Å². The zero-order valence-electron chi connectivity index (χ0n) is 4.65. The lowest BCUT2D eigenvalue weighted by atomic mass is 10.8. The lowest BCUT2D eigenvalue weighted by molar-refractivity contribution is -0.378. The molecule has 0 bridgehead atoms. The van der Waals surface area contributed by atoms with Crippen LogP contribution in [0.1, 0.15) is 0 Å². The van der Waals surface area contributed by atoms with Crippen molar-refractivity contribution in [2.75, 3.05) is 0 Å². The minimum Gasteiger partial charge on any atom is -0.554 e. The van der Waals surface area contributed by atoms with Gasteiger partial charge in [-0.3, -0.25) is 4.98 Å². The smallest absolute Gasteiger partial charge is 0.185 e. The van der Waals surface area contributed by atoms with E-state index in [0.717, 1.165) is 0 Å². The standard InChI is InChI=1S/C4H4N2.CH2O2/c1-2-6-4-3-5-1;2-1-3/h1-4H;1H,(H,2,3). The number of hydrogen-bond donors (Lipinski definition) is 0. The summed E-state index contributed by atoms with van der Waals surface area (Å²) < 4.78 is 0. The number of H-pyrrole nitrogens is 1. The van der Waals surface area contributed by atoms with Crippen LogP contribution >= 0.6 is 0 Å². The molecule has 1 heterocycles. The number of carboxylic acid groups (broad SMARTS) is 1. The first-order valence-electron chi connectivity index (χ1n) is 2.23. The molecule has 0 radical (unpaired) electrons. The Kier molecular flexibility index (Phi) is 5.49. The maximum Gasteiger partial charge on any atom is 0.185 e. The van der Waals surface area contributed by atoms with Crippen molar-refractivity contribution in [3.8, 4) is 0 Å². The molecule has 1 N–H and O–H groups in total. The van der Waals surface area contributed by atoms with Crippen molar-refractivity contribution in [3.05, 3.63) is 24.8 Å². The van der Waals surface area contributed by atoms with E-state index in [1.165, 1.54) is 0 Å². The summed E-state index contributed by atoms with van der Waals surface area (Å²) in [6.45, 7) is -0.500. The second-order valence-electron chi connectivity index (χ2n) is 1.04. The van der Waals surface area contributed by atoms with Crippen LogP contribution < -0.4 is 10.1 Å². The van der Waals surface area contributed by atoms with E-state index < -0.39 is 6.47 Å². The van der Waals surface area contributed by atoms with Gasteiger partial charge in [0.1, 0.15) is 0 Å². The summed E-state index contributed by atoms with van der Waals surface area (Å²) in [7, 11) is 0. The zero-order chi connectivity index (χ0) is 6.95. The van der Waals surface area contributed by atoms with Crippen LogP contribution in [-0.2, 0) is 4.79 Å². The fourth-order valence-electron chi connectivity index (χ4n) is 0.277. The van der Waals surface area contributed by atoms with Gasteiger partial charge in [-0.15, -0.1) is 0 Å². The minimum atomic E-state index is -0.500. The highest BCUT2D eigenvalue weighted by molar-refractivity contribution is 5.29. The van der Waals surface area contributed by atoms with Gasteiger partial charge in [0.2, 0.25) is 0 Å². The van der Waals surface area contributed by atoms with E-state index in [1.54, 1.807) is 24.8 Å². The van der Waals surface area contributed by atoms with E-state index in [9.17, 15) is 0 Å². The molecule has 1 aromatic heterocycles. The molecule has 48 valence electrons. The Labute approximate surface area is 52.2 Å². The number of carbonyl (C=O) groups is 1. The summed E-state index contributed by atoms with van der Waals surface area (Å²) in [6, 6.07) is 0. The molecule has 0 unspecified atom stereocenters. The Morgan fingerprint density at radius 2 is 1.89 bits per heavy atom. The average molecular weight is 126 g/mol. The molecule has 0 spiro atoms. The molecule has 9 heavy (non-hydrogen) atoms. The van der Waals surface area contributed by atoms with Crippen molar-refractivity contribution in [3.63, 3.8) is 0 Å². The second kappa shape index (κ2) is 6.55. The molecule has 0 amide bonds. The van der Waals surface area contributed by atoms with E-state index in [4.69, 9.17) is 9.90 Å². The predicted octanol–water partition coefficient (Wildman–Crippen LogP) is -1.74. The Morgan fingerprint density at radius 1 is 1.44 bits per heavy atom. The van der Waals surface area contributed by atoms with E-state index in [2.05, 4.69) is 9.97 Å². The summed E-state index contributed by atoms with van der Waals surface area (Å²) in [5, 5.41) is 8.25. The lowest BCUT2D eigenvalue weighted by Gasteiger charge is -1.63. The SMILES string of the molecule is O=C[O-].c1c[nH+]ccn1. The maximum absolute atomic E-state index is 8.25. The van der Waals surface area contributed by atoms with Gasteiger partial charge in [0.05, 0.1) is 12.4 Å². The van der Waals surface area contributed by atoms with Crippen LogP contribution in [-0.4, -0.2) is 11.5 Å². The molecular formula is C5H6N2O2. The summed E-state index contributed by atoms with van der Waals surface area (Å²) in [6.07, 6.45) is 6.92. The van der Waals surface area contributed by atoms with Gasteiger partial charge in [-0.2, -0.15) is 0 Å². The fourth-order valence-corrected chi connectivity index (χ4v) is 0.277. The first kappa shape index (κ1) is 7.55. The predicted molar refractivity (Wildman–Crippen MR) is 26.9 cm³/mol. The van der Waals surface area contributed by atoms with Crippen LogP contribution in [0, 0.1) is 0 Å². The molecular weight excluding hydrogens is 120 g/mol. The third-order valence-electron chi connectivity index (χ3n) is 0.514. The van der Waals surface area contributed by atoms with Crippen molar-refractivity contribution in [1.82, 2.24) is 4.98 Å². The Bertz CT molecular complexity index is 116. The second-order valence-corrected chi connectivity index (χ2v) is 1.04. The number of carbonyl (C=O) groups excluding carboxylic acids is 1. The maximum atomic E-state index is 8.25. The fraction of sp³-hybridized carbons (Fsp3) is 0. The molecule has 1 aromatic rings. The van der Waals surface area contributed by atoms with Crippen molar-refractivity contribution < 1.29 is 14.9 Å². The van der Waals surface area contributed by atoms with Gasteiger partial charge in [0.25, 0.3) is 0 Å². The van der Waals surface area contributed by atoms with Crippen LogP contribution in [0.2, 0.25) is 0 Å². The molecule has 4 heteroatoms. The largest absolute Gasteiger partial charge is 0.554 e. The van der Waals surface area contributed by atoms with Crippen molar-refractivity contribution >= 4 is 6.47 Å². The number of hydrogen-bond acceptors (Lipinski definition) is 3. The molecule has 4 nitrogen and oxygen atoms in total. The molecule has 0 aliphatic carbocycles. The normalized spacial score (nSPS) is 6.67. The first-order chi connectivity index (χ1) is 4.41. The first-order valence-corrected chi connectivity index (χ1v) is 2.23. The van der Waals surface area contributed by atoms with Gasteiger partial charge < -0.3 is 9.90 Å². The molecule has 0 saturated carbocycles. The van der Waals surface area contributed by atoms with Gasteiger partial charge >= 0.3 is 0 Å². The van der Waals surface area contributed by atoms with Crippen molar-refractivity contribution in [1.29, 1.82) is 0 Å². The number of nitrogens with zero attached hydrogens (tertiary/aromatic N) is 1. The minimum absolute atomic E-state index is 0.500. The van der Waals surface area contributed by atoms with Crippen molar-refractivity contribution in [2.24, 2.45) is 0 Å². The molecule has 0 aliphatic rings. The summed E-state index contributed by atoms with van der Waals surface area (Å²) in [5.74, 6) is 0. The monoisotopic (exact) mass is 126 g/mol. The third-order valence-corrected chi connectivity index (χ3v) is 0.514. The van der Waals surface area contributed by atoms with Gasteiger partial charge in [-0.25, -0.2) is 4.98 Å². The topological polar surface area (TPSA) is 67.2 Å². The molecule has 1 rings (SSSR count). The number of rotatable bonds is 0. The third kappa shape index (κ3) is 6.55. The van der Waals surface area contributed by atoms with Crippen LogP contribution in [0.5, 0.6) is 0 Å². The summed E-state index contributed by atoms with van der Waals surface area (Å²) >= 11 is 0. The highest BCUT2D eigenvalue weighted by Crippen LogP contribution is 1.58. The number of aromatic nitrogens is 2.